The van der Waals surface area contributed by atoms with Crippen LogP contribution in [0.25, 0.3) is 0 Å². The molecule has 0 spiro atoms. The molecular formula is C16H23ClN4O4. The largest absolute Gasteiger partial charge is 0.482 e. The summed E-state index contributed by atoms with van der Waals surface area (Å²) in [6.45, 7) is 3.48. The molecule has 0 aromatic heterocycles. The maximum Gasteiger partial charge on any atom is 0.264 e. The van der Waals surface area contributed by atoms with Gasteiger partial charge in [0.1, 0.15) is 5.75 Å². The molecule has 0 fully saturated rings. The molecule has 9 heteroatoms. The van der Waals surface area contributed by atoms with Gasteiger partial charge in [-0.25, -0.2) is 0 Å². The van der Waals surface area contributed by atoms with Gasteiger partial charge in [0.2, 0.25) is 11.8 Å². The number of ether oxygens (including phenoxy) is 1. The summed E-state index contributed by atoms with van der Waals surface area (Å²) in [5, 5.41) is 5.16. The van der Waals surface area contributed by atoms with Crippen LogP contribution in [0.4, 0.5) is 11.4 Å². The van der Waals surface area contributed by atoms with Gasteiger partial charge in [0.15, 0.2) is 6.61 Å². The zero-order valence-electron chi connectivity index (χ0n) is 14.4. The Morgan fingerprint density at radius 1 is 1.36 bits per heavy atom. The minimum atomic E-state index is -0.654. The van der Waals surface area contributed by atoms with Gasteiger partial charge in [-0.3, -0.25) is 14.4 Å². The first-order valence-corrected chi connectivity index (χ1v) is 7.66. The number of carbonyl (C=O) groups is 3. The van der Waals surface area contributed by atoms with Crippen molar-refractivity contribution in [1.29, 1.82) is 0 Å². The fourth-order valence-corrected chi connectivity index (χ4v) is 2.14. The Kier molecular flexibility index (Phi) is 7.20. The number of hydrogen-bond acceptors (Lipinski definition) is 5. The summed E-state index contributed by atoms with van der Waals surface area (Å²) in [5.74, 6) is -0.358. The Morgan fingerprint density at radius 2 is 2.04 bits per heavy atom. The number of rotatable bonds is 5. The van der Waals surface area contributed by atoms with E-state index in [9.17, 15) is 14.4 Å². The van der Waals surface area contributed by atoms with Crippen LogP contribution in [0.1, 0.15) is 13.8 Å². The molecule has 0 unspecified atom stereocenters. The van der Waals surface area contributed by atoms with Crippen molar-refractivity contribution < 1.29 is 19.1 Å². The van der Waals surface area contributed by atoms with Gasteiger partial charge in [0.05, 0.1) is 18.3 Å². The van der Waals surface area contributed by atoms with Crippen LogP contribution in [0, 0.1) is 5.92 Å². The topological polar surface area (TPSA) is 114 Å². The first-order chi connectivity index (χ1) is 11.3. The average molecular weight is 371 g/mol. The number of amides is 3. The number of nitrogens with two attached hydrogens (primary N) is 1. The summed E-state index contributed by atoms with van der Waals surface area (Å²) in [7, 11) is 1.64. The molecule has 1 aliphatic heterocycles. The molecule has 0 radical (unpaired) electrons. The van der Waals surface area contributed by atoms with E-state index in [0.717, 1.165) is 0 Å². The van der Waals surface area contributed by atoms with Gasteiger partial charge in [-0.05, 0) is 24.1 Å². The predicted octanol–water partition coefficient (Wildman–Crippen LogP) is 0.502. The third-order valence-corrected chi connectivity index (χ3v) is 3.77. The molecule has 0 bridgehead atoms. The van der Waals surface area contributed by atoms with Crippen LogP contribution in [-0.4, -0.2) is 44.0 Å². The molecule has 138 valence electrons. The summed E-state index contributed by atoms with van der Waals surface area (Å²) in [4.78, 5) is 36.8. The van der Waals surface area contributed by atoms with Crippen molar-refractivity contribution in [2.45, 2.75) is 19.9 Å². The van der Waals surface area contributed by atoms with Crippen LogP contribution >= 0.6 is 12.4 Å². The number of anilines is 2. The van der Waals surface area contributed by atoms with Crippen molar-refractivity contribution in [3.8, 4) is 5.75 Å². The van der Waals surface area contributed by atoms with E-state index in [1.807, 2.05) is 13.8 Å². The summed E-state index contributed by atoms with van der Waals surface area (Å²) in [6.07, 6.45) is 0. The van der Waals surface area contributed by atoms with E-state index in [1.165, 1.54) is 4.90 Å². The van der Waals surface area contributed by atoms with E-state index in [2.05, 4.69) is 10.6 Å². The second kappa shape index (κ2) is 8.68. The second-order valence-electron chi connectivity index (χ2n) is 5.96. The fourth-order valence-electron chi connectivity index (χ4n) is 2.14. The highest BCUT2D eigenvalue weighted by Gasteiger charge is 2.23. The standard InChI is InChI=1S/C16H22N4O4.ClH/c1-9(2)15(17)16(23)18-7-13(21)19-10-4-5-12-11(6-10)20(3)14(22)8-24-12;/h4-6,9,15H,7-8,17H2,1-3H3,(H,18,23)(H,19,21);1H/t15-;/m0./s1. The smallest absolute Gasteiger partial charge is 0.264 e. The fraction of sp³-hybridized carbons (Fsp3) is 0.438. The Hall–Kier alpha value is -2.32. The summed E-state index contributed by atoms with van der Waals surface area (Å²) in [5.41, 5.74) is 6.79. The van der Waals surface area contributed by atoms with E-state index in [0.29, 0.717) is 17.1 Å². The highest BCUT2D eigenvalue weighted by Crippen LogP contribution is 2.33. The van der Waals surface area contributed by atoms with Crippen LogP contribution < -0.4 is 26.0 Å². The van der Waals surface area contributed by atoms with Gasteiger partial charge >= 0.3 is 0 Å². The van der Waals surface area contributed by atoms with E-state index in [4.69, 9.17) is 10.5 Å². The molecule has 1 heterocycles. The van der Waals surface area contributed by atoms with Crippen molar-refractivity contribution >= 4 is 41.5 Å². The molecule has 1 aromatic carbocycles. The van der Waals surface area contributed by atoms with Crippen molar-refractivity contribution in [3.05, 3.63) is 18.2 Å². The Labute approximate surface area is 152 Å². The Morgan fingerprint density at radius 3 is 2.68 bits per heavy atom. The van der Waals surface area contributed by atoms with Gasteiger partial charge in [0, 0.05) is 12.7 Å². The van der Waals surface area contributed by atoms with E-state index in [1.54, 1.807) is 25.2 Å². The second-order valence-corrected chi connectivity index (χ2v) is 5.96. The van der Waals surface area contributed by atoms with Gasteiger partial charge in [-0.15, -0.1) is 12.4 Å². The molecule has 2 rings (SSSR count). The van der Waals surface area contributed by atoms with Crippen LogP contribution in [-0.2, 0) is 14.4 Å². The van der Waals surface area contributed by atoms with Crippen molar-refractivity contribution in [2.75, 3.05) is 30.4 Å². The Balaban J connectivity index is 0.00000312. The quantitative estimate of drug-likeness (QED) is 0.698. The molecular weight excluding hydrogens is 348 g/mol. The lowest BCUT2D eigenvalue weighted by Crippen LogP contribution is -2.46. The summed E-state index contributed by atoms with van der Waals surface area (Å²) < 4.78 is 5.32. The molecule has 0 saturated heterocycles. The van der Waals surface area contributed by atoms with E-state index in [-0.39, 0.29) is 49.2 Å². The zero-order valence-corrected chi connectivity index (χ0v) is 15.2. The number of halogens is 1. The summed E-state index contributed by atoms with van der Waals surface area (Å²) in [6, 6.07) is 4.34. The number of fused-ring (bicyclic) bond motifs is 1. The van der Waals surface area contributed by atoms with Gasteiger partial charge in [0.25, 0.3) is 5.91 Å². The highest BCUT2D eigenvalue weighted by molar-refractivity contribution is 6.00. The van der Waals surface area contributed by atoms with Crippen LogP contribution in [0.2, 0.25) is 0 Å². The Bertz CT molecular complexity index is 666. The molecule has 0 aliphatic carbocycles. The number of carbonyl (C=O) groups excluding carboxylic acids is 3. The first-order valence-electron chi connectivity index (χ1n) is 7.66. The SMILES string of the molecule is CC(C)[C@H](N)C(=O)NCC(=O)Nc1ccc2c(c1)N(C)C(=O)CO2.Cl. The molecule has 8 nitrogen and oxygen atoms in total. The third kappa shape index (κ3) is 5.07. The average Bonchev–Trinajstić information content (AvgIpc) is 2.55. The maximum absolute atomic E-state index is 11.9. The van der Waals surface area contributed by atoms with Crippen LogP contribution in [0.3, 0.4) is 0 Å². The number of hydrogen-bond donors (Lipinski definition) is 3. The minimum absolute atomic E-state index is 0. The monoisotopic (exact) mass is 370 g/mol. The number of likely N-dealkylation sites (N-methyl/N-ethyl adjacent to an activating group) is 1. The van der Waals surface area contributed by atoms with E-state index < -0.39 is 6.04 Å². The molecule has 3 amide bonds. The highest BCUT2D eigenvalue weighted by atomic mass is 35.5. The van der Waals surface area contributed by atoms with Crippen molar-refractivity contribution in [2.24, 2.45) is 11.7 Å². The molecule has 1 aliphatic rings. The number of nitrogens with zero attached hydrogens (tertiary/aromatic N) is 1. The van der Waals surface area contributed by atoms with E-state index >= 15 is 0 Å². The number of nitrogens with one attached hydrogen (secondary N) is 2. The van der Waals surface area contributed by atoms with Crippen LogP contribution in [0.5, 0.6) is 5.75 Å². The molecule has 0 saturated carbocycles. The van der Waals surface area contributed by atoms with Crippen molar-refractivity contribution in [3.63, 3.8) is 0 Å². The van der Waals surface area contributed by atoms with Gasteiger partial charge in [-0.2, -0.15) is 0 Å². The van der Waals surface area contributed by atoms with Crippen LogP contribution in [0.15, 0.2) is 18.2 Å². The first kappa shape index (κ1) is 20.7. The predicted molar refractivity (Wildman–Crippen MR) is 97.0 cm³/mol. The lowest BCUT2D eigenvalue weighted by molar-refractivity contribution is -0.125. The molecule has 1 atom stereocenters. The third-order valence-electron chi connectivity index (χ3n) is 3.77. The lowest BCUT2D eigenvalue weighted by Gasteiger charge is -2.26. The summed E-state index contributed by atoms with van der Waals surface area (Å²) >= 11 is 0. The zero-order chi connectivity index (χ0) is 17.9. The van der Waals surface area contributed by atoms with Crippen molar-refractivity contribution in [1.82, 2.24) is 5.32 Å². The van der Waals surface area contributed by atoms with Gasteiger partial charge < -0.3 is 26.0 Å². The molecule has 25 heavy (non-hydrogen) atoms. The molecule has 4 N–H and O–H groups in total. The molecule has 1 aromatic rings. The normalized spacial score (nSPS) is 14.1. The lowest BCUT2D eigenvalue weighted by atomic mass is 10.1. The van der Waals surface area contributed by atoms with Gasteiger partial charge in [-0.1, -0.05) is 13.8 Å². The maximum atomic E-state index is 11.9. The minimum Gasteiger partial charge on any atom is -0.482 e. The number of benzene rings is 1.